The van der Waals surface area contributed by atoms with Crippen LogP contribution in [0.4, 0.5) is 0 Å². The first-order valence-corrected chi connectivity index (χ1v) is 9.49. The summed E-state index contributed by atoms with van der Waals surface area (Å²) in [7, 11) is 0. The Balaban J connectivity index is 2.06. The summed E-state index contributed by atoms with van der Waals surface area (Å²) in [5, 5.41) is 3.44. The van der Waals surface area contributed by atoms with Crippen LogP contribution in [0, 0.1) is 5.92 Å². The van der Waals surface area contributed by atoms with Gasteiger partial charge in [-0.2, -0.15) is 0 Å². The zero-order valence-electron chi connectivity index (χ0n) is 15.5. The molecule has 1 fully saturated rings. The molecule has 0 bridgehead atoms. The van der Waals surface area contributed by atoms with E-state index in [1.807, 2.05) is 18.2 Å². The van der Waals surface area contributed by atoms with Crippen LogP contribution < -0.4 is 5.32 Å². The highest BCUT2D eigenvalue weighted by molar-refractivity contribution is 5.83. The van der Waals surface area contributed by atoms with Crippen molar-refractivity contribution in [3.05, 3.63) is 35.9 Å². The monoisotopic (exact) mass is 331 g/mol. The third kappa shape index (κ3) is 4.81. The fourth-order valence-corrected chi connectivity index (χ4v) is 3.61. The van der Waals surface area contributed by atoms with Crippen molar-refractivity contribution in [2.24, 2.45) is 5.92 Å². The van der Waals surface area contributed by atoms with E-state index in [1.165, 1.54) is 0 Å². The van der Waals surface area contributed by atoms with Crippen LogP contribution in [-0.2, 0) is 4.79 Å². The van der Waals surface area contributed by atoms with Crippen molar-refractivity contribution >= 4 is 5.91 Å². The van der Waals surface area contributed by atoms with Crippen LogP contribution >= 0.6 is 0 Å². The molecule has 1 aliphatic heterocycles. The Bertz CT molecular complexity index is 479. The number of hydrogen-bond acceptors (Lipinski definition) is 3. The molecule has 1 aromatic rings. The minimum Gasteiger partial charge on any atom is -0.341 e. The maximum atomic E-state index is 13.2. The van der Waals surface area contributed by atoms with Gasteiger partial charge >= 0.3 is 0 Å². The molecule has 2 rings (SSSR count). The van der Waals surface area contributed by atoms with Crippen molar-refractivity contribution in [1.82, 2.24) is 15.1 Å². The largest absolute Gasteiger partial charge is 0.341 e. The van der Waals surface area contributed by atoms with E-state index in [-0.39, 0.29) is 11.9 Å². The molecule has 1 unspecified atom stereocenters. The van der Waals surface area contributed by atoms with Gasteiger partial charge in [-0.25, -0.2) is 0 Å². The molecule has 0 aromatic heterocycles. The van der Waals surface area contributed by atoms with Crippen molar-refractivity contribution in [2.75, 3.05) is 39.3 Å². The molecule has 1 saturated heterocycles. The first-order chi connectivity index (χ1) is 11.7. The first-order valence-electron chi connectivity index (χ1n) is 9.49. The highest BCUT2D eigenvalue weighted by Gasteiger charge is 2.32. The van der Waals surface area contributed by atoms with Gasteiger partial charge in [0.05, 0.1) is 0 Å². The summed E-state index contributed by atoms with van der Waals surface area (Å²) >= 11 is 0. The van der Waals surface area contributed by atoms with Gasteiger partial charge in [0.15, 0.2) is 0 Å². The Kier molecular flexibility index (Phi) is 7.73. The summed E-state index contributed by atoms with van der Waals surface area (Å²) in [6.45, 7) is 12.1. The van der Waals surface area contributed by atoms with Gasteiger partial charge in [-0.3, -0.25) is 9.69 Å². The highest BCUT2D eigenvalue weighted by atomic mass is 16.2. The van der Waals surface area contributed by atoms with E-state index < -0.39 is 0 Å². The van der Waals surface area contributed by atoms with Crippen LogP contribution in [0.5, 0.6) is 0 Å². The average molecular weight is 332 g/mol. The number of piperidine rings is 1. The Labute approximate surface area is 147 Å². The van der Waals surface area contributed by atoms with E-state index >= 15 is 0 Å². The van der Waals surface area contributed by atoms with Gasteiger partial charge in [0.25, 0.3) is 0 Å². The normalized spacial score (nSPS) is 17.2. The van der Waals surface area contributed by atoms with Crippen LogP contribution in [0.25, 0.3) is 0 Å². The quantitative estimate of drug-likeness (QED) is 0.795. The van der Waals surface area contributed by atoms with Crippen molar-refractivity contribution < 1.29 is 4.79 Å². The third-order valence-corrected chi connectivity index (χ3v) is 5.14. The Morgan fingerprint density at radius 3 is 2.33 bits per heavy atom. The molecule has 1 heterocycles. The van der Waals surface area contributed by atoms with E-state index in [1.54, 1.807) is 0 Å². The lowest BCUT2D eigenvalue weighted by Gasteiger charge is -2.37. The van der Waals surface area contributed by atoms with E-state index in [9.17, 15) is 4.79 Å². The lowest BCUT2D eigenvalue weighted by Crippen LogP contribution is -2.47. The lowest BCUT2D eigenvalue weighted by atomic mass is 9.95. The van der Waals surface area contributed by atoms with Crippen LogP contribution in [0.1, 0.15) is 45.2 Å². The maximum absolute atomic E-state index is 13.2. The number of amides is 1. The number of likely N-dealkylation sites (N-methyl/N-ethyl adjacent to an activating group) is 1. The van der Waals surface area contributed by atoms with E-state index in [4.69, 9.17) is 0 Å². The number of carbonyl (C=O) groups is 1. The summed E-state index contributed by atoms with van der Waals surface area (Å²) in [6, 6.07) is 10.1. The molecule has 1 aliphatic rings. The third-order valence-electron chi connectivity index (χ3n) is 5.14. The number of nitrogens with one attached hydrogen (secondary N) is 1. The molecular weight excluding hydrogens is 298 g/mol. The number of rotatable bonds is 8. The van der Waals surface area contributed by atoms with Crippen molar-refractivity contribution in [2.45, 2.75) is 39.7 Å². The second-order valence-electron chi connectivity index (χ2n) is 6.61. The van der Waals surface area contributed by atoms with Gasteiger partial charge < -0.3 is 10.2 Å². The lowest BCUT2D eigenvalue weighted by molar-refractivity contribution is -0.138. The van der Waals surface area contributed by atoms with Crippen LogP contribution in [0.2, 0.25) is 0 Å². The molecule has 1 atom stereocenters. The summed E-state index contributed by atoms with van der Waals surface area (Å²) in [4.78, 5) is 17.6. The van der Waals surface area contributed by atoms with Gasteiger partial charge in [-0.05, 0) is 50.5 Å². The van der Waals surface area contributed by atoms with E-state index in [2.05, 4.69) is 48.0 Å². The van der Waals surface area contributed by atoms with Crippen LogP contribution in [0.3, 0.4) is 0 Å². The fourth-order valence-electron chi connectivity index (χ4n) is 3.61. The van der Waals surface area contributed by atoms with Gasteiger partial charge in [-0.1, -0.05) is 51.1 Å². The predicted molar refractivity (Wildman–Crippen MR) is 100.0 cm³/mol. The maximum Gasteiger partial charge on any atom is 0.244 e. The highest BCUT2D eigenvalue weighted by Crippen LogP contribution is 2.26. The number of benzene rings is 1. The Morgan fingerprint density at radius 1 is 1.17 bits per heavy atom. The number of nitrogens with zero attached hydrogens (tertiary/aromatic N) is 2. The topological polar surface area (TPSA) is 35.6 Å². The van der Waals surface area contributed by atoms with Crippen molar-refractivity contribution in [3.8, 4) is 0 Å². The zero-order chi connectivity index (χ0) is 17.4. The molecule has 134 valence electrons. The SMILES string of the molecule is CCNCC1CCN(C(=O)C(c2ccccc2)N(CC)CC)CC1. The van der Waals surface area contributed by atoms with Gasteiger partial charge in [0, 0.05) is 13.1 Å². The van der Waals surface area contributed by atoms with Gasteiger partial charge in [-0.15, -0.1) is 0 Å². The van der Waals surface area contributed by atoms with Crippen molar-refractivity contribution in [1.29, 1.82) is 0 Å². The minimum absolute atomic E-state index is 0.147. The fraction of sp³-hybridized carbons (Fsp3) is 0.650. The summed E-state index contributed by atoms with van der Waals surface area (Å²) in [5.74, 6) is 0.976. The van der Waals surface area contributed by atoms with Crippen LogP contribution in [-0.4, -0.2) is 55.0 Å². The van der Waals surface area contributed by atoms with Gasteiger partial charge in [0.1, 0.15) is 6.04 Å². The smallest absolute Gasteiger partial charge is 0.244 e. The molecule has 0 aliphatic carbocycles. The van der Waals surface area contributed by atoms with Crippen LogP contribution in [0.15, 0.2) is 30.3 Å². The molecule has 4 heteroatoms. The van der Waals surface area contributed by atoms with E-state index in [0.717, 1.165) is 57.7 Å². The second kappa shape index (κ2) is 9.80. The molecular formula is C20H33N3O. The Morgan fingerprint density at radius 2 is 1.79 bits per heavy atom. The Hall–Kier alpha value is -1.39. The summed E-state index contributed by atoms with van der Waals surface area (Å²) < 4.78 is 0. The molecule has 1 aromatic carbocycles. The molecule has 1 amide bonds. The molecule has 0 radical (unpaired) electrons. The zero-order valence-corrected chi connectivity index (χ0v) is 15.5. The first kappa shape index (κ1) is 18.9. The minimum atomic E-state index is -0.147. The number of likely N-dealkylation sites (tertiary alicyclic amines) is 1. The molecule has 4 nitrogen and oxygen atoms in total. The second-order valence-corrected chi connectivity index (χ2v) is 6.61. The molecule has 1 N–H and O–H groups in total. The van der Waals surface area contributed by atoms with Crippen molar-refractivity contribution in [3.63, 3.8) is 0 Å². The standard InChI is InChI=1S/C20H33N3O/c1-4-21-16-17-12-14-23(15-13-17)20(24)19(22(5-2)6-3)18-10-8-7-9-11-18/h7-11,17,19,21H,4-6,12-16H2,1-3H3. The number of hydrogen-bond donors (Lipinski definition) is 1. The van der Waals surface area contributed by atoms with E-state index in [0.29, 0.717) is 5.92 Å². The molecule has 0 spiro atoms. The summed E-state index contributed by atoms with van der Waals surface area (Å²) in [5.41, 5.74) is 1.11. The molecule has 24 heavy (non-hydrogen) atoms. The number of carbonyl (C=O) groups excluding carboxylic acids is 1. The average Bonchev–Trinajstić information content (AvgIpc) is 2.65. The predicted octanol–water partition coefficient (Wildman–Crippen LogP) is 2.92. The van der Waals surface area contributed by atoms with Gasteiger partial charge in [0.2, 0.25) is 5.91 Å². The molecule has 0 saturated carbocycles. The summed E-state index contributed by atoms with van der Waals surface area (Å²) in [6.07, 6.45) is 2.22.